The first-order valence-electron chi connectivity index (χ1n) is 5.78. The highest BCUT2D eigenvalue weighted by atomic mass is 79.9. The summed E-state index contributed by atoms with van der Waals surface area (Å²) in [7, 11) is -3.93. The summed E-state index contributed by atoms with van der Waals surface area (Å²) in [6, 6.07) is 7.75. The summed E-state index contributed by atoms with van der Waals surface area (Å²) in [4.78, 5) is 3.56. The second kappa shape index (κ2) is 5.71. The Hall–Kier alpha value is -2.11. The zero-order chi connectivity index (χ0) is 15.6. The quantitative estimate of drug-likeness (QED) is 0.810. The van der Waals surface area contributed by atoms with Crippen molar-refractivity contribution < 1.29 is 8.42 Å². The molecule has 2 aromatic rings. The molecular weight excluding hydrogens is 356 g/mol. The number of aryl methyl sites for hydroxylation is 1. The number of aromatic nitrogens is 1. The number of nitrogens with two attached hydrogens (primary N) is 1. The Labute approximate surface area is 130 Å². The number of hydrogen-bond donors (Lipinski definition) is 2. The van der Waals surface area contributed by atoms with Gasteiger partial charge in [-0.05, 0) is 52.7 Å². The van der Waals surface area contributed by atoms with Gasteiger partial charge in [-0.1, -0.05) is 0 Å². The minimum atomic E-state index is -3.93. The van der Waals surface area contributed by atoms with E-state index >= 15 is 0 Å². The maximum Gasteiger partial charge on any atom is 0.264 e. The maximum absolute atomic E-state index is 12.4. The highest BCUT2D eigenvalue weighted by Crippen LogP contribution is 2.29. The van der Waals surface area contributed by atoms with Gasteiger partial charge in [0.1, 0.15) is 11.0 Å². The number of hydrogen-bond acceptors (Lipinski definition) is 5. The molecule has 1 heterocycles. The Morgan fingerprint density at radius 1 is 1.43 bits per heavy atom. The highest BCUT2D eigenvalue weighted by molar-refractivity contribution is 9.10. The molecule has 3 N–H and O–H groups in total. The molecule has 0 amide bonds. The molecule has 1 aromatic heterocycles. The molecule has 0 bridgehead atoms. The van der Waals surface area contributed by atoms with Crippen LogP contribution in [-0.2, 0) is 10.0 Å². The van der Waals surface area contributed by atoms with Crippen LogP contribution < -0.4 is 10.5 Å². The lowest BCUT2D eigenvalue weighted by Gasteiger charge is -2.12. The SMILES string of the molecule is Cc1cc(Br)c(NS(=O)(=O)c2cccnc2C#N)cc1N. The zero-order valence-electron chi connectivity index (χ0n) is 11.0. The Kier molecular flexibility index (Phi) is 4.16. The van der Waals surface area contributed by atoms with Gasteiger partial charge in [-0.3, -0.25) is 4.72 Å². The fourth-order valence-electron chi connectivity index (χ4n) is 1.66. The van der Waals surface area contributed by atoms with Crippen molar-refractivity contribution in [3.63, 3.8) is 0 Å². The van der Waals surface area contributed by atoms with Crippen LogP contribution in [0.25, 0.3) is 0 Å². The molecule has 1 aromatic carbocycles. The summed E-state index contributed by atoms with van der Waals surface area (Å²) in [5.74, 6) is 0. The second-order valence-corrected chi connectivity index (χ2v) is 6.76. The number of anilines is 2. The predicted molar refractivity (Wildman–Crippen MR) is 83.1 cm³/mol. The van der Waals surface area contributed by atoms with Gasteiger partial charge in [-0.2, -0.15) is 5.26 Å². The summed E-state index contributed by atoms with van der Waals surface area (Å²) in [6.45, 7) is 1.81. The molecule has 21 heavy (non-hydrogen) atoms. The lowest BCUT2D eigenvalue weighted by atomic mass is 10.2. The van der Waals surface area contributed by atoms with Crippen molar-refractivity contribution in [1.29, 1.82) is 5.26 Å². The van der Waals surface area contributed by atoms with Crippen LogP contribution in [0.15, 0.2) is 39.8 Å². The molecule has 108 valence electrons. The minimum Gasteiger partial charge on any atom is -0.398 e. The molecule has 0 radical (unpaired) electrons. The van der Waals surface area contributed by atoms with Crippen LogP contribution in [0.5, 0.6) is 0 Å². The number of sulfonamides is 1. The third kappa shape index (κ3) is 3.15. The maximum atomic E-state index is 12.4. The zero-order valence-corrected chi connectivity index (χ0v) is 13.4. The first-order valence-corrected chi connectivity index (χ1v) is 8.06. The van der Waals surface area contributed by atoms with Gasteiger partial charge in [0.05, 0.1) is 5.69 Å². The first kappa shape index (κ1) is 15.3. The van der Waals surface area contributed by atoms with Crippen LogP contribution in [0, 0.1) is 18.3 Å². The number of nitriles is 1. The molecule has 0 aliphatic rings. The molecule has 6 nitrogen and oxygen atoms in total. The van der Waals surface area contributed by atoms with Gasteiger partial charge >= 0.3 is 0 Å². The highest BCUT2D eigenvalue weighted by Gasteiger charge is 2.20. The molecule has 0 atom stereocenters. The number of nitrogens with zero attached hydrogens (tertiary/aromatic N) is 2. The molecule has 0 spiro atoms. The molecule has 0 aliphatic carbocycles. The van der Waals surface area contributed by atoms with E-state index in [0.29, 0.717) is 15.8 Å². The van der Waals surface area contributed by atoms with E-state index in [9.17, 15) is 8.42 Å². The van der Waals surface area contributed by atoms with Gasteiger partial charge < -0.3 is 5.73 Å². The number of rotatable bonds is 3. The standard InChI is InChI=1S/C13H11BrN4O2S/c1-8-5-9(14)11(6-10(8)16)18-21(19,20)13-3-2-4-17-12(13)7-15/h2-6,18H,16H2,1H3. The predicted octanol–water partition coefficient (Wildman–Crippen LogP) is 2.41. The van der Waals surface area contributed by atoms with Gasteiger partial charge in [0.15, 0.2) is 5.69 Å². The van der Waals surface area contributed by atoms with E-state index in [0.717, 1.165) is 5.56 Å². The fourth-order valence-corrected chi connectivity index (χ4v) is 3.53. The summed E-state index contributed by atoms with van der Waals surface area (Å²) >= 11 is 3.28. The third-order valence-electron chi connectivity index (χ3n) is 2.77. The Morgan fingerprint density at radius 3 is 2.81 bits per heavy atom. The number of halogens is 1. The molecule has 2 rings (SSSR count). The lowest BCUT2D eigenvalue weighted by molar-refractivity contribution is 0.600. The number of nitrogen functional groups attached to an aromatic ring is 1. The smallest absolute Gasteiger partial charge is 0.264 e. The molecule has 0 unspecified atom stereocenters. The molecule has 0 fully saturated rings. The van der Waals surface area contributed by atoms with E-state index in [4.69, 9.17) is 11.0 Å². The molecule has 0 aliphatic heterocycles. The van der Waals surface area contributed by atoms with E-state index in [1.54, 1.807) is 12.1 Å². The average molecular weight is 367 g/mol. The van der Waals surface area contributed by atoms with Crippen LogP contribution in [0.3, 0.4) is 0 Å². The third-order valence-corrected chi connectivity index (χ3v) is 4.82. The van der Waals surface area contributed by atoms with Crippen LogP contribution >= 0.6 is 15.9 Å². The largest absolute Gasteiger partial charge is 0.398 e. The topological polar surface area (TPSA) is 109 Å². The molecule has 0 saturated heterocycles. The normalized spacial score (nSPS) is 10.9. The lowest BCUT2D eigenvalue weighted by Crippen LogP contribution is -2.15. The van der Waals surface area contributed by atoms with Crippen LogP contribution in [0.2, 0.25) is 0 Å². The summed E-state index contributed by atoms with van der Waals surface area (Å²) in [5.41, 5.74) is 7.20. The van der Waals surface area contributed by atoms with Crippen LogP contribution in [0.1, 0.15) is 11.3 Å². The summed E-state index contributed by atoms with van der Waals surface area (Å²) in [6.07, 6.45) is 1.36. The van der Waals surface area contributed by atoms with Crippen molar-refractivity contribution in [2.45, 2.75) is 11.8 Å². The van der Waals surface area contributed by atoms with Crippen molar-refractivity contribution in [2.24, 2.45) is 0 Å². The van der Waals surface area contributed by atoms with Gasteiger partial charge in [0.2, 0.25) is 0 Å². The molecule has 0 saturated carbocycles. The minimum absolute atomic E-state index is 0.166. The monoisotopic (exact) mass is 366 g/mol. The van der Waals surface area contributed by atoms with E-state index in [1.165, 1.54) is 24.4 Å². The van der Waals surface area contributed by atoms with E-state index in [-0.39, 0.29) is 10.6 Å². The van der Waals surface area contributed by atoms with Crippen molar-refractivity contribution >= 4 is 37.3 Å². The van der Waals surface area contributed by atoms with Crippen molar-refractivity contribution in [3.8, 4) is 6.07 Å². The first-order chi connectivity index (χ1) is 9.85. The molecule has 8 heteroatoms. The molecular formula is C13H11BrN4O2S. The van der Waals surface area contributed by atoms with E-state index in [2.05, 4.69) is 25.6 Å². The second-order valence-electron chi connectivity index (χ2n) is 4.26. The van der Waals surface area contributed by atoms with Crippen LogP contribution in [0.4, 0.5) is 11.4 Å². The van der Waals surface area contributed by atoms with Gasteiger partial charge in [0, 0.05) is 16.4 Å². The van der Waals surface area contributed by atoms with Gasteiger partial charge in [0.25, 0.3) is 10.0 Å². The van der Waals surface area contributed by atoms with Crippen molar-refractivity contribution in [3.05, 3.63) is 46.2 Å². The van der Waals surface area contributed by atoms with E-state index in [1.807, 2.05) is 6.92 Å². The number of nitrogens with one attached hydrogen (secondary N) is 1. The van der Waals surface area contributed by atoms with Gasteiger partial charge in [-0.15, -0.1) is 0 Å². The Morgan fingerprint density at radius 2 is 2.14 bits per heavy atom. The fraction of sp³-hybridized carbons (Fsp3) is 0.0769. The Balaban J connectivity index is 2.48. The summed E-state index contributed by atoms with van der Waals surface area (Å²) < 4.78 is 27.7. The van der Waals surface area contributed by atoms with Crippen molar-refractivity contribution in [1.82, 2.24) is 4.98 Å². The van der Waals surface area contributed by atoms with E-state index < -0.39 is 10.0 Å². The van der Waals surface area contributed by atoms with Gasteiger partial charge in [-0.25, -0.2) is 13.4 Å². The number of pyridine rings is 1. The van der Waals surface area contributed by atoms with Crippen LogP contribution in [-0.4, -0.2) is 13.4 Å². The summed E-state index contributed by atoms with van der Waals surface area (Å²) in [5, 5.41) is 8.95. The van der Waals surface area contributed by atoms with Crippen molar-refractivity contribution in [2.75, 3.05) is 10.5 Å². The Bertz CT molecular complexity index is 844. The average Bonchev–Trinajstić information content (AvgIpc) is 2.44. The number of benzene rings is 1.